The largest absolute Gasteiger partial charge is 0.301 e. The van der Waals surface area contributed by atoms with Gasteiger partial charge in [0.15, 0.2) is 11.0 Å². The summed E-state index contributed by atoms with van der Waals surface area (Å²) < 4.78 is 0. The smallest absolute Gasteiger partial charge is 0.190 e. The first-order valence-corrected chi connectivity index (χ1v) is 10.7. The van der Waals surface area contributed by atoms with Gasteiger partial charge in [0.2, 0.25) is 0 Å². The van der Waals surface area contributed by atoms with Crippen LogP contribution in [0.2, 0.25) is 5.02 Å². The van der Waals surface area contributed by atoms with Crippen LogP contribution in [0.15, 0.2) is 34.5 Å². The number of hydrogen-bond acceptors (Lipinski definition) is 7. The number of hydrogen-bond donors (Lipinski definition) is 1. The summed E-state index contributed by atoms with van der Waals surface area (Å²) in [5, 5.41) is 6.97. The number of thiophene rings is 1. The quantitative estimate of drug-likeness (QED) is 0.301. The second kappa shape index (κ2) is 7.52. The zero-order chi connectivity index (χ0) is 18.1. The molecule has 0 bridgehead atoms. The number of anilines is 1. The summed E-state index contributed by atoms with van der Waals surface area (Å²) in [5.41, 5.74) is 5.48. The van der Waals surface area contributed by atoms with Gasteiger partial charge in [-0.25, -0.2) is 9.97 Å². The van der Waals surface area contributed by atoms with Crippen molar-refractivity contribution < 1.29 is 0 Å². The Morgan fingerprint density at radius 2 is 2.12 bits per heavy atom. The second-order valence-corrected chi connectivity index (χ2v) is 8.45. The molecule has 2 aromatic heterocycles. The standard InChI is InChI=1S/C18H18ClN5S2/c1-24-8-7-13-14(10-24)26-17-15(13)16(21-18(22-17)25-2)23-20-9-11-3-5-12(19)6-4-11/h3-6,9H,7-8,10H2,1-2H3,(H,21,22,23)/b20-9-. The molecule has 4 rings (SSSR count). The van der Waals surface area contributed by atoms with Gasteiger partial charge in [0.05, 0.1) is 11.6 Å². The van der Waals surface area contributed by atoms with Crippen molar-refractivity contribution in [1.82, 2.24) is 14.9 Å². The molecule has 0 saturated heterocycles. The molecule has 5 nitrogen and oxygen atoms in total. The molecule has 0 amide bonds. The normalized spacial score (nSPS) is 14.9. The second-order valence-electron chi connectivity index (χ2n) is 6.15. The van der Waals surface area contributed by atoms with Crippen molar-refractivity contribution >= 4 is 56.9 Å². The Morgan fingerprint density at radius 3 is 2.88 bits per heavy atom. The summed E-state index contributed by atoms with van der Waals surface area (Å²) in [6.07, 6.45) is 4.78. The van der Waals surface area contributed by atoms with E-state index in [9.17, 15) is 0 Å². The third kappa shape index (κ3) is 3.57. The van der Waals surface area contributed by atoms with Gasteiger partial charge in [-0.05, 0) is 43.0 Å². The van der Waals surface area contributed by atoms with E-state index >= 15 is 0 Å². The molecule has 0 fully saturated rings. The molecule has 1 aromatic carbocycles. The van der Waals surface area contributed by atoms with Gasteiger partial charge in [0.25, 0.3) is 0 Å². The summed E-state index contributed by atoms with van der Waals surface area (Å²) >= 11 is 9.23. The van der Waals surface area contributed by atoms with Gasteiger partial charge in [0, 0.05) is 23.0 Å². The van der Waals surface area contributed by atoms with Crippen molar-refractivity contribution in [1.29, 1.82) is 0 Å². The number of benzene rings is 1. The molecule has 0 unspecified atom stereocenters. The number of nitrogens with one attached hydrogen (secondary N) is 1. The Morgan fingerprint density at radius 1 is 1.31 bits per heavy atom. The minimum Gasteiger partial charge on any atom is -0.301 e. The molecule has 1 aliphatic rings. The molecule has 3 heterocycles. The van der Waals surface area contributed by atoms with E-state index in [2.05, 4.69) is 27.5 Å². The van der Waals surface area contributed by atoms with Crippen molar-refractivity contribution in [2.75, 3.05) is 25.3 Å². The molecular formula is C18H18ClN5S2. The maximum Gasteiger partial charge on any atom is 0.190 e. The number of nitrogens with zero attached hydrogens (tertiary/aromatic N) is 4. The Hall–Kier alpha value is -1.67. The molecule has 0 atom stereocenters. The van der Waals surface area contributed by atoms with Gasteiger partial charge in [-0.2, -0.15) is 5.10 Å². The molecule has 26 heavy (non-hydrogen) atoms. The molecule has 134 valence electrons. The first-order chi connectivity index (χ1) is 12.6. The highest BCUT2D eigenvalue weighted by molar-refractivity contribution is 7.98. The third-order valence-electron chi connectivity index (χ3n) is 4.31. The molecule has 1 aliphatic heterocycles. The van der Waals surface area contributed by atoms with Crippen LogP contribution in [0.4, 0.5) is 5.82 Å². The zero-order valence-corrected chi connectivity index (χ0v) is 16.9. The topological polar surface area (TPSA) is 53.4 Å². The summed E-state index contributed by atoms with van der Waals surface area (Å²) in [7, 11) is 2.15. The summed E-state index contributed by atoms with van der Waals surface area (Å²) in [5.74, 6) is 0.784. The Labute approximate surface area is 165 Å². The minimum atomic E-state index is 0.715. The summed E-state index contributed by atoms with van der Waals surface area (Å²) in [4.78, 5) is 14.1. The average molecular weight is 404 g/mol. The lowest BCUT2D eigenvalue weighted by molar-refractivity contribution is 0.318. The van der Waals surface area contributed by atoms with E-state index in [4.69, 9.17) is 16.6 Å². The average Bonchev–Trinajstić information content (AvgIpc) is 3.00. The number of rotatable bonds is 4. The lowest BCUT2D eigenvalue weighted by Crippen LogP contribution is -2.25. The summed E-state index contributed by atoms with van der Waals surface area (Å²) in [6.45, 7) is 2.02. The number of halogens is 1. The highest BCUT2D eigenvalue weighted by Crippen LogP contribution is 2.38. The van der Waals surface area contributed by atoms with Crippen LogP contribution in [0.3, 0.4) is 0 Å². The third-order valence-corrected chi connectivity index (χ3v) is 6.22. The van der Waals surface area contributed by atoms with Crippen LogP contribution in [0.1, 0.15) is 16.0 Å². The van der Waals surface area contributed by atoms with E-state index in [1.54, 1.807) is 29.3 Å². The number of likely N-dealkylation sites (N-methyl/N-ethyl adjacent to an activating group) is 1. The van der Waals surface area contributed by atoms with E-state index in [-0.39, 0.29) is 0 Å². The summed E-state index contributed by atoms with van der Waals surface area (Å²) in [6, 6.07) is 7.56. The monoisotopic (exact) mass is 403 g/mol. The highest BCUT2D eigenvalue weighted by atomic mass is 35.5. The molecular weight excluding hydrogens is 386 g/mol. The molecule has 0 spiro atoms. The first-order valence-electron chi connectivity index (χ1n) is 8.23. The molecule has 8 heteroatoms. The van der Waals surface area contributed by atoms with E-state index in [1.807, 2.05) is 30.5 Å². The van der Waals surface area contributed by atoms with Crippen molar-refractivity contribution in [2.24, 2.45) is 5.10 Å². The van der Waals surface area contributed by atoms with Crippen LogP contribution >= 0.6 is 34.7 Å². The predicted molar refractivity (Wildman–Crippen MR) is 112 cm³/mol. The van der Waals surface area contributed by atoms with Gasteiger partial charge in [-0.1, -0.05) is 35.5 Å². The fourth-order valence-corrected chi connectivity index (χ4v) is 4.84. The van der Waals surface area contributed by atoms with Crippen LogP contribution in [0, 0.1) is 0 Å². The predicted octanol–water partition coefficient (Wildman–Crippen LogP) is 4.50. The minimum absolute atomic E-state index is 0.715. The highest BCUT2D eigenvalue weighted by Gasteiger charge is 2.22. The fraction of sp³-hybridized carbons (Fsp3) is 0.278. The number of hydrazone groups is 1. The van der Waals surface area contributed by atoms with Crippen molar-refractivity contribution in [3.05, 3.63) is 45.3 Å². The number of aromatic nitrogens is 2. The lowest BCUT2D eigenvalue weighted by Gasteiger charge is -2.22. The van der Waals surface area contributed by atoms with Crippen molar-refractivity contribution in [3.8, 4) is 0 Å². The maximum atomic E-state index is 5.92. The Balaban J connectivity index is 1.69. The number of fused-ring (bicyclic) bond motifs is 3. The molecule has 3 aromatic rings. The zero-order valence-electron chi connectivity index (χ0n) is 14.5. The van der Waals surface area contributed by atoms with Crippen LogP contribution in [0.5, 0.6) is 0 Å². The van der Waals surface area contributed by atoms with Gasteiger partial charge in [-0.3, -0.25) is 5.43 Å². The fourth-order valence-electron chi connectivity index (χ4n) is 2.99. The SMILES string of the molecule is CSc1nc(N/N=C\c2ccc(Cl)cc2)c2c3c(sc2n1)CN(C)CC3. The van der Waals surface area contributed by atoms with Crippen molar-refractivity contribution in [2.45, 2.75) is 18.1 Å². The van der Waals surface area contributed by atoms with Crippen LogP contribution < -0.4 is 5.43 Å². The van der Waals surface area contributed by atoms with Crippen LogP contribution in [-0.4, -0.2) is 40.9 Å². The van der Waals surface area contributed by atoms with E-state index in [0.29, 0.717) is 5.02 Å². The van der Waals surface area contributed by atoms with Gasteiger partial charge >= 0.3 is 0 Å². The first kappa shape index (κ1) is 17.7. The van der Waals surface area contributed by atoms with Crippen LogP contribution in [0.25, 0.3) is 10.2 Å². The van der Waals surface area contributed by atoms with Crippen LogP contribution in [-0.2, 0) is 13.0 Å². The molecule has 1 N–H and O–H groups in total. The van der Waals surface area contributed by atoms with E-state index < -0.39 is 0 Å². The molecule has 0 aliphatic carbocycles. The lowest BCUT2D eigenvalue weighted by atomic mass is 10.1. The maximum absolute atomic E-state index is 5.92. The van der Waals surface area contributed by atoms with E-state index in [1.165, 1.54) is 10.4 Å². The number of thioether (sulfide) groups is 1. The molecule has 0 radical (unpaired) electrons. The Kier molecular flexibility index (Phi) is 5.13. The molecule has 0 saturated carbocycles. The Bertz CT molecular complexity index is 968. The van der Waals surface area contributed by atoms with E-state index in [0.717, 1.165) is 46.3 Å². The van der Waals surface area contributed by atoms with Gasteiger partial charge in [-0.15, -0.1) is 11.3 Å². The van der Waals surface area contributed by atoms with Gasteiger partial charge < -0.3 is 4.90 Å². The van der Waals surface area contributed by atoms with Gasteiger partial charge in [0.1, 0.15) is 4.83 Å². The van der Waals surface area contributed by atoms with Crippen molar-refractivity contribution in [3.63, 3.8) is 0 Å².